The number of allylic oxidation sites excluding steroid dienone is 8. The van der Waals surface area contributed by atoms with E-state index in [1.807, 2.05) is 21.1 Å². The molecule has 0 radical (unpaired) electrons. The molecule has 9 nitrogen and oxygen atoms in total. The molecular weight excluding hydrogens is 966 g/mol. The summed E-state index contributed by atoms with van der Waals surface area (Å²) >= 11 is 0. The van der Waals surface area contributed by atoms with Gasteiger partial charge in [0.15, 0.2) is 6.10 Å². The monoisotopic (exact) mass is 1090 g/mol. The molecule has 0 aliphatic heterocycles. The fraction of sp³-hybridized carbons (Fsp3) is 0.848. The van der Waals surface area contributed by atoms with Crippen molar-refractivity contribution in [3.8, 4) is 0 Å². The maximum absolute atomic E-state index is 12.8. The van der Waals surface area contributed by atoms with Gasteiger partial charge >= 0.3 is 11.9 Å². The number of phosphoric acid groups is 1. The summed E-state index contributed by atoms with van der Waals surface area (Å²) in [6.45, 7) is 4.17. The summed E-state index contributed by atoms with van der Waals surface area (Å²) in [5.74, 6) is -0.830. The van der Waals surface area contributed by atoms with Crippen molar-refractivity contribution >= 4 is 19.8 Å². The Hall–Kier alpha value is -2.03. The molecule has 0 N–H and O–H groups in total. The summed E-state index contributed by atoms with van der Waals surface area (Å²) in [6, 6.07) is 0. The number of ether oxygens (including phenoxy) is 2. The van der Waals surface area contributed by atoms with Crippen molar-refractivity contribution in [3.63, 3.8) is 0 Å². The van der Waals surface area contributed by atoms with Crippen molar-refractivity contribution in [1.82, 2.24) is 0 Å². The lowest BCUT2D eigenvalue weighted by Crippen LogP contribution is -2.37. The second-order valence-electron chi connectivity index (χ2n) is 23.1. The van der Waals surface area contributed by atoms with Crippen molar-refractivity contribution in [2.45, 2.75) is 315 Å². The van der Waals surface area contributed by atoms with Gasteiger partial charge in [0.2, 0.25) is 0 Å². The molecule has 0 fully saturated rings. The lowest BCUT2D eigenvalue weighted by atomic mass is 10.0. The zero-order valence-corrected chi connectivity index (χ0v) is 51.6. The highest BCUT2D eigenvalue weighted by Gasteiger charge is 2.22. The number of carbonyl (C=O) groups excluding carboxylic acids is 2. The maximum atomic E-state index is 12.8. The predicted octanol–water partition coefficient (Wildman–Crippen LogP) is 19.9. The minimum Gasteiger partial charge on any atom is -0.756 e. The molecule has 0 amide bonds. The Balaban J connectivity index is 4.02. The molecular formula is C66H124NO8P. The minimum absolute atomic E-state index is 0.0323. The molecule has 0 heterocycles. The van der Waals surface area contributed by atoms with Crippen molar-refractivity contribution in [2.24, 2.45) is 0 Å². The van der Waals surface area contributed by atoms with Gasteiger partial charge in [-0.2, -0.15) is 0 Å². The average molecular weight is 1090 g/mol. The highest BCUT2D eigenvalue weighted by Crippen LogP contribution is 2.38. The van der Waals surface area contributed by atoms with Gasteiger partial charge in [0, 0.05) is 12.8 Å². The van der Waals surface area contributed by atoms with Crippen LogP contribution in [0.2, 0.25) is 0 Å². The molecule has 0 aromatic carbocycles. The third-order valence-corrected chi connectivity index (χ3v) is 15.3. The first-order valence-corrected chi connectivity index (χ1v) is 33.8. The molecule has 76 heavy (non-hydrogen) atoms. The van der Waals surface area contributed by atoms with E-state index in [0.717, 1.165) is 70.6 Å². The molecule has 0 aromatic rings. The van der Waals surface area contributed by atoms with Gasteiger partial charge < -0.3 is 27.9 Å². The van der Waals surface area contributed by atoms with Crippen LogP contribution >= 0.6 is 7.82 Å². The molecule has 446 valence electrons. The number of carbonyl (C=O) groups is 2. The average Bonchev–Trinajstić information content (AvgIpc) is 3.38. The Morgan fingerprint density at radius 2 is 0.750 bits per heavy atom. The summed E-state index contributed by atoms with van der Waals surface area (Å²) in [7, 11) is 1.17. The van der Waals surface area contributed by atoms with Gasteiger partial charge in [-0.3, -0.25) is 14.2 Å². The predicted molar refractivity (Wildman–Crippen MR) is 324 cm³/mol. The van der Waals surface area contributed by atoms with E-state index < -0.39 is 26.5 Å². The quantitative estimate of drug-likeness (QED) is 0.0195. The second kappa shape index (κ2) is 57.6. The summed E-state index contributed by atoms with van der Waals surface area (Å²) < 4.78 is 34.2. The van der Waals surface area contributed by atoms with Crippen LogP contribution < -0.4 is 4.89 Å². The molecule has 0 saturated heterocycles. The summed E-state index contributed by atoms with van der Waals surface area (Å²) in [5.41, 5.74) is 0. The normalized spacial score (nSPS) is 13.5. The lowest BCUT2D eigenvalue weighted by Gasteiger charge is -2.28. The van der Waals surface area contributed by atoms with Gasteiger partial charge in [0.25, 0.3) is 7.82 Å². The first kappa shape index (κ1) is 74.0. The third kappa shape index (κ3) is 61.2. The summed E-state index contributed by atoms with van der Waals surface area (Å²) in [4.78, 5) is 38.0. The van der Waals surface area contributed by atoms with Gasteiger partial charge in [0.05, 0.1) is 27.7 Å². The molecule has 2 atom stereocenters. The van der Waals surface area contributed by atoms with Crippen LogP contribution in [0.5, 0.6) is 0 Å². The van der Waals surface area contributed by atoms with Crippen molar-refractivity contribution < 1.29 is 42.1 Å². The maximum Gasteiger partial charge on any atom is 0.306 e. The number of nitrogens with zero attached hydrogens (tertiary/aromatic N) is 1. The Labute approximate surface area is 471 Å². The number of esters is 2. The van der Waals surface area contributed by atoms with Gasteiger partial charge in [-0.25, -0.2) is 0 Å². The standard InChI is InChI=1S/C66H124NO8P/c1-6-8-10-12-14-16-18-20-22-24-26-28-29-30-31-32-33-34-35-36-37-39-40-42-44-46-48-50-52-54-56-58-65(68)72-62-64(63-74-76(70,71)73-61-60-67(3,4)5)75-66(69)59-57-55-53-51-49-47-45-43-41-38-27-25-23-21-19-17-15-13-11-9-7-2/h9,11,15,17,21,23,27,38,64H,6-8,10,12-14,16,18-20,22,24-26,28-37,39-63H2,1-5H3/b11-9-,17-15-,23-21-,38-27-. The molecule has 0 saturated carbocycles. The van der Waals surface area contributed by atoms with Crippen LogP contribution in [0.25, 0.3) is 0 Å². The molecule has 0 aliphatic rings. The van der Waals surface area contributed by atoms with Crippen molar-refractivity contribution in [2.75, 3.05) is 47.5 Å². The Bertz CT molecular complexity index is 1420. The van der Waals surface area contributed by atoms with Crippen LogP contribution in [0.1, 0.15) is 309 Å². The van der Waals surface area contributed by atoms with E-state index in [1.54, 1.807) is 0 Å². The minimum atomic E-state index is -4.64. The fourth-order valence-corrected chi connectivity index (χ4v) is 10.1. The van der Waals surface area contributed by atoms with E-state index in [9.17, 15) is 19.0 Å². The number of phosphoric ester groups is 1. The number of likely N-dealkylation sites (N-methyl/N-ethyl adjacent to an activating group) is 1. The molecule has 0 rings (SSSR count). The van der Waals surface area contributed by atoms with Crippen LogP contribution in [0.15, 0.2) is 48.6 Å². The van der Waals surface area contributed by atoms with E-state index in [4.69, 9.17) is 18.5 Å². The zero-order chi connectivity index (χ0) is 55.6. The van der Waals surface area contributed by atoms with Crippen LogP contribution in [0.4, 0.5) is 0 Å². The second-order valence-corrected chi connectivity index (χ2v) is 24.5. The number of rotatable bonds is 60. The van der Waals surface area contributed by atoms with Gasteiger partial charge in [0.1, 0.15) is 19.8 Å². The Kier molecular flexibility index (Phi) is 56.1. The molecule has 0 spiro atoms. The number of quaternary nitrogens is 1. The number of hydrogen-bond acceptors (Lipinski definition) is 8. The van der Waals surface area contributed by atoms with Gasteiger partial charge in [-0.1, -0.05) is 294 Å². The van der Waals surface area contributed by atoms with E-state index in [2.05, 4.69) is 62.5 Å². The Morgan fingerprint density at radius 3 is 1.12 bits per heavy atom. The fourth-order valence-electron chi connectivity index (χ4n) is 9.42. The number of unbranched alkanes of at least 4 members (excludes halogenated alkanes) is 38. The third-order valence-electron chi connectivity index (χ3n) is 14.4. The molecule has 0 aliphatic carbocycles. The molecule has 2 unspecified atom stereocenters. The molecule has 0 bridgehead atoms. The summed E-state index contributed by atoms with van der Waals surface area (Å²) in [5, 5.41) is 0. The largest absolute Gasteiger partial charge is 0.756 e. The molecule has 0 aromatic heterocycles. The van der Waals surface area contributed by atoms with Crippen LogP contribution in [0.3, 0.4) is 0 Å². The Morgan fingerprint density at radius 1 is 0.421 bits per heavy atom. The van der Waals surface area contributed by atoms with Crippen molar-refractivity contribution in [1.29, 1.82) is 0 Å². The van der Waals surface area contributed by atoms with Crippen molar-refractivity contribution in [3.05, 3.63) is 48.6 Å². The van der Waals surface area contributed by atoms with E-state index in [-0.39, 0.29) is 32.0 Å². The van der Waals surface area contributed by atoms with Crippen LogP contribution in [-0.2, 0) is 32.7 Å². The van der Waals surface area contributed by atoms with E-state index in [1.165, 1.54) is 205 Å². The highest BCUT2D eigenvalue weighted by atomic mass is 31.2. The topological polar surface area (TPSA) is 111 Å². The van der Waals surface area contributed by atoms with Crippen LogP contribution in [0, 0.1) is 0 Å². The lowest BCUT2D eigenvalue weighted by molar-refractivity contribution is -0.870. The SMILES string of the molecule is CC/C=C\C/C=C\C/C=C\C/C=C\CCCCCCCCCCC(=O)OC(COC(=O)CCCCCCCCCCCCCCCCCCCCCCCCCCCCCCCCC)COP(=O)([O-])OCC[N+](C)(C)C. The van der Waals surface area contributed by atoms with Crippen LogP contribution in [-0.4, -0.2) is 70.0 Å². The van der Waals surface area contributed by atoms with Gasteiger partial charge in [-0.05, 0) is 51.4 Å². The first-order valence-electron chi connectivity index (χ1n) is 32.3. The smallest absolute Gasteiger partial charge is 0.306 e. The van der Waals surface area contributed by atoms with E-state index in [0.29, 0.717) is 17.4 Å². The van der Waals surface area contributed by atoms with Gasteiger partial charge in [-0.15, -0.1) is 0 Å². The first-order chi connectivity index (χ1) is 37.0. The van der Waals surface area contributed by atoms with E-state index >= 15 is 0 Å². The summed E-state index contributed by atoms with van der Waals surface area (Å²) in [6.07, 6.45) is 73.3. The molecule has 10 heteroatoms. The zero-order valence-electron chi connectivity index (χ0n) is 50.7. The number of hydrogen-bond donors (Lipinski definition) is 0. The highest BCUT2D eigenvalue weighted by molar-refractivity contribution is 7.45.